The maximum Gasteiger partial charge on any atom is 0.321 e. The lowest BCUT2D eigenvalue weighted by atomic mass is 9.97. The molecule has 0 aromatic heterocycles. The van der Waals surface area contributed by atoms with Crippen LogP contribution >= 0.6 is 11.8 Å². The number of nitrogens with zero attached hydrogens (tertiary/aromatic N) is 2. The van der Waals surface area contributed by atoms with E-state index in [-0.39, 0.29) is 29.8 Å². The number of thioether (sulfide) groups is 1. The Hall–Kier alpha value is -3.00. The Morgan fingerprint density at radius 1 is 0.909 bits per heavy atom. The predicted molar refractivity (Wildman–Crippen MR) is 126 cm³/mol. The number of carboxylic acid groups (broad SMARTS) is 2. The van der Waals surface area contributed by atoms with Crippen molar-refractivity contribution >= 4 is 29.7 Å². The monoisotopic (exact) mass is 468 g/mol. The molecule has 2 amide bonds. The molecule has 4 rings (SSSR count). The van der Waals surface area contributed by atoms with E-state index in [9.17, 15) is 14.4 Å². The van der Waals surface area contributed by atoms with Crippen LogP contribution in [0, 0.1) is 5.92 Å². The molecular weight excluding hydrogens is 440 g/mol. The smallest absolute Gasteiger partial charge is 0.321 e. The van der Waals surface area contributed by atoms with Crippen molar-refractivity contribution in [2.75, 3.05) is 5.75 Å². The Kier molecular flexibility index (Phi) is 7.23. The van der Waals surface area contributed by atoms with Crippen LogP contribution in [0.1, 0.15) is 30.4 Å². The van der Waals surface area contributed by atoms with Gasteiger partial charge >= 0.3 is 18.0 Å². The number of hydrogen-bond donors (Lipinski definition) is 2. The van der Waals surface area contributed by atoms with Crippen LogP contribution in [0.3, 0.4) is 0 Å². The number of carbonyl (C=O) groups is 3. The second-order valence-electron chi connectivity index (χ2n) is 8.60. The van der Waals surface area contributed by atoms with Crippen LogP contribution in [0.15, 0.2) is 60.7 Å². The first-order chi connectivity index (χ1) is 16.0. The number of rotatable bonds is 10. The first kappa shape index (κ1) is 23.2. The summed E-state index contributed by atoms with van der Waals surface area (Å²) in [5.41, 5.74) is 2.16. The number of benzene rings is 2. The molecule has 2 N–H and O–H groups in total. The lowest BCUT2D eigenvalue weighted by molar-refractivity contribution is -0.154. The van der Waals surface area contributed by atoms with Crippen molar-refractivity contribution in [2.24, 2.45) is 5.92 Å². The van der Waals surface area contributed by atoms with Crippen molar-refractivity contribution in [1.82, 2.24) is 9.80 Å². The number of aliphatic carboxylic acids is 2. The topological polar surface area (TPSA) is 98.2 Å². The highest BCUT2D eigenvalue weighted by Gasteiger charge is 2.52. The number of amides is 2. The van der Waals surface area contributed by atoms with Gasteiger partial charge in [-0.1, -0.05) is 67.1 Å². The molecule has 174 valence electrons. The van der Waals surface area contributed by atoms with Crippen LogP contribution in [0.25, 0.3) is 0 Å². The molecule has 2 aromatic rings. The quantitative estimate of drug-likeness (QED) is 0.405. The molecule has 0 bridgehead atoms. The molecule has 0 saturated carbocycles. The summed E-state index contributed by atoms with van der Waals surface area (Å²) in [6.45, 7) is 1.08. The second-order valence-corrected chi connectivity index (χ2v) is 9.87. The lowest BCUT2D eigenvalue weighted by Gasteiger charge is -2.27. The van der Waals surface area contributed by atoms with Crippen molar-refractivity contribution in [3.05, 3.63) is 71.8 Å². The molecular formula is C25H28N2O5S. The van der Waals surface area contributed by atoms with Gasteiger partial charge in [-0.2, -0.15) is 11.8 Å². The zero-order valence-corrected chi connectivity index (χ0v) is 19.1. The minimum absolute atomic E-state index is 0.0134. The molecule has 2 heterocycles. The third-order valence-corrected chi connectivity index (χ3v) is 7.95. The summed E-state index contributed by atoms with van der Waals surface area (Å²) < 4.78 is 0. The summed E-state index contributed by atoms with van der Waals surface area (Å²) >= 11 is 1.80. The Bertz CT molecular complexity index is 973. The molecule has 0 spiro atoms. The highest BCUT2D eigenvalue weighted by molar-refractivity contribution is 8.00. The molecule has 2 aromatic carbocycles. The normalized spacial score (nSPS) is 22.1. The van der Waals surface area contributed by atoms with E-state index in [0.29, 0.717) is 25.9 Å². The van der Waals surface area contributed by atoms with E-state index in [4.69, 9.17) is 10.2 Å². The van der Waals surface area contributed by atoms with Crippen molar-refractivity contribution in [3.8, 4) is 0 Å². The zero-order valence-electron chi connectivity index (χ0n) is 18.2. The summed E-state index contributed by atoms with van der Waals surface area (Å²) in [6, 6.07) is 20.0. The SMILES string of the molecule is O=C(O)C(CCCC1SC[C@H]2[C@@H]1N(Cc1ccccc1)C(=O)N2Cc1ccccc1)C(=O)O. The molecule has 0 radical (unpaired) electrons. The van der Waals surface area contributed by atoms with Gasteiger partial charge in [-0.25, -0.2) is 4.79 Å². The van der Waals surface area contributed by atoms with Crippen molar-refractivity contribution in [2.45, 2.75) is 49.7 Å². The van der Waals surface area contributed by atoms with E-state index in [1.807, 2.05) is 70.5 Å². The van der Waals surface area contributed by atoms with E-state index in [1.54, 1.807) is 11.8 Å². The first-order valence-electron chi connectivity index (χ1n) is 11.2. The van der Waals surface area contributed by atoms with E-state index >= 15 is 0 Å². The van der Waals surface area contributed by atoms with Gasteiger partial charge in [0.2, 0.25) is 0 Å². The minimum Gasteiger partial charge on any atom is -0.481 e. The number of fused-ring (bicyclic) bond motifs is 1. The molecule has 8 heteroatoms. The van der Waals surface area contributed by atoms with Crippen LogP contribution < -0.4 is 0 Å². The maximum atomic E-state index is 13.5. The molecule has 1 unspecified atom stereocenters. The van der Waals surface area contributed by atoms with E-state index in [0.717, 1.165) is 16.9 Å². The third-order valence-electron chi connectivity index (χ3n) is 6.48. The highest BCUT2D eigenvalue weighted by atomic mass is 32.2. The highest BCUT2D eigenvalue weighted by Crippen LogP contribution is 2.42. The number of carbonyl (C=O) groups excluding carboxylic acids is 1. The molecule has 3 atom stereocenters. The Morgan fingerprint density at radius 2 is 1.45 bits per heavy atom. The van der Waals surface area contributed by atoms with Gasteiger partial charge in [0.1, 0.15) is 0 Å². The Labute approximate surface area is 197 Å². The summed E-state index contributed by atoms with van der Waals surface area (Å²) in [6.07, 6.45) is 1.27. The van der Waals surface area contributed by atoms with Gasteiger partial charge in [0.25, 0.3) is 0 Å². The molecule has 7 nitrogen and oxygen atoms in total. The Morgan fingerprint density at radius 3 is 2.00 bits per heavy atom. The summed E-state index contributed by atoms with van der Waals surface area (Å²) in [7, 11) is 0. The van der Waals surface area contributed by atoms with Crippen LogP contribution in [0.5, 0.6) is 0 Å². The van der Waals surface area contributed by atoms with Crippen molar-refractivity contribution < 1.29 is 24.6 Å². The number of hydrogen-bond acceptors (Lipinski definition) is 4. The molecule has 2 aliphatic heterocycles. The second kappa shape index (κ2) is 10.3. The fourth-order valence-corrected chi connectivity index (χ4v) is 6.51. The third kappa shape index (κ3) is 5.16. The predicted octanol–water partition coefficient (Wildman–Crippen LogP) is 3.93. The Balaban J connectivity index is 1.51. The maximum absolute atomic E-state index is 13.5. The van der Waals surface area contributed by atoms with Gasteiger partial charge in [0.15, 0.2) is 5.92 Å². The standard InChI is InChI=1S/C25H28N2O5S/c28-23(29)19(24(30)31)12-7-13-21-22-20(16-33-21)26(14-17-8-3-1-4-9-17)25(32)27(22)15-18-10-5-2-6-11-18/h1-6,8-11,19-22H,7,12-16H2,(H,28,29)(H,30,31)/t20-,21?,22-/m0/s1. The minimum atomic E-state index is -1.38. The van der Waals surface area contributed by atoms with Gasteiger partial charge in [-0.05, 0) is 24.0 Å². The first-order valence-corrected chi connectivity index (χ1v) is 12.2. The molecule has 0 aliphatic carbocycles. The van der Waals surface area contributed by atoms with Crippen LogP contribution in [0.2, 0.25) is 0 Å². The van der Waals surface area contributed by atoms with E-state index in [2.05, 4.69) is 0 Å². The largest absolute Gasteiger partial charge is 0.481 e. The molecule has 2 saturated heterocycles. The number of urea groups is 1. The summed E-state index contributed by atoms with van der Waals surface area (Å²) in [5.74, 6) is -3.15. The van der Waals surface area contributed by atoms with Gasteiger partial charge in [0, 0.05) is 24.1 Å². The van der Waals surface area contributed by atoms with E-state index in [1.165, 1.54) is 0 Å². The van der Waals surface area contributed by atoms with E-state index < -0.39 is 17.9 Å². The van der Waals surface area contributed by atoms with Crippen LogP contribution in [-0.4, -0.2) is 61.1 Å². The fraction of sp³-hybridized carbons (Fsp3) is 0.400. The lowest BCUT2D eigenvalue weighted by Crippen LogP contribution is -2.40. The molecule has 2 aliphatic rings. The summed E-state index contributed by atoms with van der Waals surface area (Å²) in [5, 5.41) is 18.5. The number of carboxylic acids is 2. The van der Waals surface area contributed by atoms with Crippen molar-refractivity contribution in [3.63, 3.8) is 0 Å². The van der Waals surface area contributed by atoms with Gasteiger partial charge in [-0.15, -0.1) is 0 Å². The zero-order chi connectivity index (χ0) is 23.4. The van der Waals surface area contributed by atoms with Gasteiger partial charge < -0.3 is 20.0 Å². The van der Waals surface area contributed by atoms with Crippen LogP contribution in [-0.2, 0) is 22.7 Å². The molecule has 33 heavy (non-hydrogen) atoms. The van der Waals surface area contributed by atoms with Crippen molar-refractivity contribution in [1.29, 1.82) is 0 Å². The van der Waals surface area contributed by atoms with Crippen LogP contribution in [0.4, 0.5) is 4.79 Å². The van der Waals surface area contributed by atoms with Gasteiger partial charge in [-0.3, -0.25) is 9.59 Å². The molecule has 2 fully saturated rings. The van der Waals surface area contributed by atoms with Gasteiger partial charge in [0.05, 0.1) is 12.1 Å². The summed E-state index contributed by atoms with van der Waals surface area (Å²) in [4.78, 5) is 39.9. The average Bonchev–Trinajstić information content (AvgIpc) is 3.32. The average molecular weight is 469 g/mol. The fourth-order valence-electron chi connectivity index (χ4n) is 4.83.